The minimum absolute atomic E-state index is 0.154. The zero-order valence-corrected chi connectivity index (χ0v) is 24.0. The Morgan fingerprint density at radius 2 is 0.903 bits per heavy atom. The second kappa shape index (κ2) is 14.3. The first-order chi connectivity index (χ1) is 14.1. The fourth-order valence-corrected chi connectivity index (χ4v) is 6.53. The van der Waals surface area contributed by atoms with Gasteiger partial charge in [-0.15, -0.1) is 0 Å². The number of rotatable bonds is 18. The van der Waals surface area contributed by atoms with Crippen molar-refractivity contribution in [2.45, 2.75) is 177 Å². The van der Waals surface area contributed by atoms with Crippen LogP contribution in [-0.4, -0.2) is 11.1 Å². The lowest BCUT2D eigenvalue weighted by atomic mass is 9.67. The van der Waals surface area contributed by atoms with E-state index in [4.69, 9.17) is 0 Å². The minimum Gasteiger partial charge on any atom is -0.307 e. The summed E-state index contributed by atoms with van der Waals surface area (Å²) in [5, 5.41) is 4.07. The van der Waals surface area contributed by atoms with Crippen molar-refractivity contribution in [3.63, 3.8) is 0 Å². The third kappa shape index (κ3) is 16.3. The van der Waals surface area contributed by atoms with E-state index in [-0.39, 0.29) is 11.1 Å². The Hall–Kier alpha value is -0.0400. The summed E-state index contributed by atoms with van der Waals surface area (Å²) in [7, 11) is 0. The van der Waals surface area contributed by atoms with Gasteiger partial charge in [0.25, 0.3) is 0 Å². The van der Waals surface area contributed by atoms with Crippen LogP contribution in [0.5, 0.6) is 0 Å². The molecule has 0 atom stereocenters. The maximum absolute atomic E-state index is 4.07. The summed E-state index contributed by atoms with van der Waals surface area (Å²) < 4.78 is 0. The molecule has 0 aliphatic rings. The first kappa shape index (κ1) is 31.0. The van der Waals surface area contributed by atoms with E-state index in [1.807, 2.05) is 0 Å². The molecule has 1 heteroatoms. The predicted molar refractivity (Wildman–Crippen MR) is 144 cm³/mol. The van der Waals surface area contributed by atoms with Crippen molar-refractivity contribution in [3.8, 4) is 0 Å². The quantitative estimate of drug-likeness (QED) is 0.210. The van der Waals surface area contributed by atoms with Gasteiger partial charge >= 0.3 is 0 Å². The fraction of sp³-hybridized carbons (Fsp3) is 1.00. The van der Waals surface area contributed by atoms with E-state index in [9.17, 15) is 0 Å². The van der Waals surface area contributed by atoms with Gasteiger partial charge in [-0.3, -0.25) is 0 Å². The molecule has 0 unspecified atom stereocenters. The van der Waals surface area contributed by atoms with Gasteiger partial charge in [-0.25, -0.2) is 0 Å². The Kier molecular flexibility index (Phi) is 14.3. The summed E-state index contributed by atoms with van der Waals surface area (Å²) in [6.07, 6.45) is 19.3. The molecule has 0 aromatic rings. The van der Waals surface area contributed by atoms with E-state index < -0.39 is 0 Å². The summed E-state index contributed by atoms with van der Waals surface area (Å²) in [6, 6.07) is 0. The highest BCUT2D eigenvalue weighted by Gasteiger charge is 2.38. The van der Waals surface area contributed by atoms with Crippen molar-refractivity contribution in [2.24, 2.45) is 16.7 Å². The fourth-order valence-electron chi connectivity index (χ4n) is 6.53. The molecule has 0 aromatic heterocycles. The van der Waals surface area contributed by atoms with Crippen LogP contribution in [0, 0.1) is 16.7 Å². The molecule has 0 saturated heterocycles. The van der Waals surface area contributed by atoms with E-state index in [0.717, 1.165) is 5.92 Å². The Morgan fingerprint density at radius 3 is 1.29 bits per heavy atom. The minimum atomic E-state index is 0.154. The molecule has 0 aliphatic carbocycles. The first-order valence-corrected chi connectivity index (χ1v) is 13.9. The molecule has 0 aliphatic heterocycles. The second-order valence-electron chi connectivity index (χ2n) is 13.9. The molecule has 0 heterocycles. The van der Waals surface area contributed by atoms with Crippen LogP contribution in [0.4, 0.5) is 0 Å². The zero-order chi connectivity index (χ0) is 24.2. The molecule has 31 heavy (non-hydrogen) atoms. The number of hydrogen-bond acceptors (Lipinski definition) is 1. The average Bonchev–Trinajstić information content (AvgIpc) is 2.54. The molecule has 0 fully saturated rings. The summed E-state index contributed by atoms with van der Waals surface area (Å²) in [5.74, 6) is 0.850. The molecule has 0 amide bonds. The number of nitrogens with one attached hydrogen (secondary N) is 1. The van der Waals surface area contributed by atoms with Crippen LogP contribution in [0.3, 0.4) is 0 Å². The van der Waals surface area contributed by atoms with Crippen LogP contribution >= 0.6 is 0 Å². The van der Waals surface area contributed by atoms with Crippen LogP contribution in [0.25, 0.3) is 0 Å². The van der Waals surface area contributed by atoms with Gasteiger partial charge in [-0.05, 0) is 70.1 Å². The molecule has 0 rings (SSSR count). The average molecular weight is 438 g/mol. The van der Waals surface area contributed by atoms with Crippen molar-refractivity contribution < 1.29 is 0 Å². The van der Waals surface area contributed by atoms with Gasteiger partial charge in [0.1, 0.15) is 0 Å². The van der Waals surface area contributed by atoms with Crippen LogP contribution in [0.2, 0.25) is 0 Å². The Bertz CT molecular complexity index is 424. The smallest absolute Gasteiger partial charge is 0.0135 e. The van der Waals surface area contributed by atoms with Crippen LogP contribution in [-0.2, 0) is 0 Å². The molecule has 1 N–H and O–H groups in total. The van der Waals surface area contributed by atoms with Crippen molar-refractivity contribution in [1.82, 2.24) is 5.32 Å². The molecule has 1 nitrogen and oxygen atoms in total. The van der Waals surface area contributed by atoms with Crippen LogP contribution in [0.1, 0.15) is 166 Å². The lowest BCUT2D eigenvalue weighted by Crippen LogP contribution is -2.55. The largest absolute Gasteiger partial charge is 0.307 e. The van der Waals surface area contributed by atoms with Crippen LogP contribution < -0.4 is 5.32 Å². The highest BCUT2D eigenvalue weighted by Crippen LogP contribution is 2.42. The third-order valence-electron chi connectivity index (χ3n) is 6.96. The van der Waals surface area contributed by atoms with Crippen molar-refractivity contribution in [1.29, 1.82) is 0 Å². The van der Waals surface area contributed by atoms with Gasteiger partial charge in [-0.1, -0.05) is 113 Å². The predicted octanol–water partition coefficient (Wildman–Crippen LogP) is 10.3. The molecule has 0 saturated carbocycles. The van der Waals surface area contributed by atoms with E-state index in [1.54, 1.807) is 0 Å². The molecule has 0 aromatic carbocycles. The Labute approximate surface area is 199 Å². The molecule has 0 radical (unpaired) electrons. The van der Waals surface area contributed by atoms with Crippen LogP contribution in [0.15, 0.2) is 0 Å². The number of hydrogen-bond donors (Lipinski definition) is 1. The van der Waals surface area contributed by atoms with E-state index in [2.05, 4.69) is 81.5 Å². The third-order valence-corrected chi connectivity index (χ3v) is 6.96. The highest BCUT2D eigenvalue weighted by molar-refractivity contribution is 4.95. The Morgan fingerprint density at radius 1 is 0.516 bits per heavy atom. The van der Waals surface area contributed by atoms with Gasteiger partial charge in [-0.2, -0.15) is 0 Å². The lowest BCUT2D eigenvalue weighted by molar-refractivity contribution is 0.0958. The molecule has 0 spiro atoms. The standard InChI is InChI=1S/C30H63N/c1-12-14-16-18-20-22-26(23-21-19-17-15-13-2)28(6,7)25-30(10,11)31-29(8,9)24-27(3,4)5/h26,31H,12-25H2,1-11H3. The lowest BCUT2D eigenvalue weighted by Gasteiger charge is -2.46. The van der Waals surface area contributed by atoms with E-state index in [0.29, 0.717) is 10.8 Å². The van der Waals surface area contributed by atoms with Gasteiger partial charge in [0.05, 0.1) is 0 Å². The molecule has 188 valence electrons. The summed E-state index contributed by atoms with van der Waals surface area (Å²) >= 11 is 0. The highest BCUT2D eigenvalue weighted by atomic mass is 15.0. The van der Waals surface area contributed by atoms with Crippen molar-refractivity contribution in [3.05, 3.63) is 0 Å². The molecular formula is C30H63N. The van der Waals surface area contributed by atoms with E-state index in [1.165, 1.54) is 89.9 Å². The first-order valence-electron chi connectivity index (χ1n) is 13.9. The second-order valence-corrected chi connectivity index (χ2v) is 13.9. The summed E-state index contributed by atoms with van der Waals surface area (Å²) in [5.41, 5.74) is 1.04. The van der Waals surface area contributed by atoms with Gasteiger partial charge in [0.2, 0.25) is 0 Å². The van der Waals surface area contributed by atoms with Gasteiger partial charge in [0.15, 0.2) is 0 Å². The number of unbranched alkanes of at least 4 members (excludes halogenated alkanes) is 8. The molecule has 0 bridgehead atoms. The van der Waals surface area contributed by atoms with Crippen molar-refractivity contribution >= 4 is 0 Å². The van der Waals surface area contributed by atoms with Crippen molar-refractivity contribution in [2.75, 3.05) is 0 Å². The summed E-state index contributed by atoms with van der Waals surface area (Å²) in [6.45, 7) is 26.5. The normalized spacial score (nSPS) is 13.9. The van der Waals surface area contributed by atoms with Gasteiger partial charge in [0, 0.05) is 11.1 Å². The maximum Gasteiger partial charge on any atom is 0.0135 e. The zero-order valence-electron chi connectivity index (χ0n) is 24.0. The SMILES string of the molecule is CCCCCCCC(CCCCCCC)C(C)(C)CC(C)(C)NC(C)(C)CC(C)(C)C. The molecular weight excluding hydrogens is 374 g/mol. The topological polar surface area (TPSA) is 12.0 Å². The van der Waals surface area contributed by atoms with Gasteiger partial charge < -0.3 is 5.32 Å². The summed E-state index contributed by atoms with van der Waals surface area (Å²) in [4.78, 5) is 0. The maximum atomic E-state index is 4.07. The monoisotopic (exact) mass is 437 g/mol. The van der Waals surface area contributed by atoms with E-state index >= 15 is 0 Å². The Balaban J connectivity index is 5.05.